The summed E-state index contributed by atoms with van der Waals surface area (Å²) >= 11 is 0. The number of unbranched alkanes of at least 4 members (excludes halogenated alkanes) is 6. The van der Waals surface area contributed by atoms with Crippen molar-refractivity contribution >= 4 is 11.9 Å². The normalized spacial score (nSPS) is 13.8. The maximum absolute atomic E-state index is 10.9. The highest BCUT2D eigenvalue weighted by molar-refractivity contribution is 5.64. The lowest BCUT2D eigenvalue weighted by atomic mass is 9.92. The van der Waals surface area contributed by atoms with E-state index < -0.39 is 11.9 Å². The maximum atomic E-state index is 10.9. The van der Waals surface area contributed by atoms with Crippen molar-refractivity contribution in [1.29, 1.82) is 0 Å². The molecule has 0 fully saturated rings. The lowest BCUT2D eigenvalue weighted by Gasteiger charge is -2.17. The van der Waals surface area contributed by atoms with Gasteiger partial charge in [-0.3, -0.25) is 0 Å². The van der Waals surface area contributed by atoms with Crippen LogP contribution in [0.2, 0.25) is 0 Å². The Kier molecular flexibility index (Phi) is 16.2. The van der Waals surface area contributed by atoms with Crippen LogP contribution < -0.4 is 10.2 Å². The molecule has 0 saturated heterocycles. The Hall–Kier alpha value is -1.32. The molecule has 0 radical (unpaired) electrons. The second kappa shape index (κ2) is 17.1. The SMILES string of the molecule is CCCCCCC(C/C=C/CC(CCCCCC)CC(=O)[O-])CC(=O)[O-]. The Labute approximate surface area is 160 Å². The first-order valence-electron chi connectivity index (χ1n) is 10.5. The predicted molar refractivity (Wildman–Crippen MR) is 102 cm³/mol. The minimum atomic E-state index is -0.982. The molecular formula is C22H38O4-2. The Morgan fingerprint density at radius 1 is 0.692 bits per heavy atom. The molecule has 0 aliphatic heterocycles. The molecule has 152 valence electrons. The Morgan fingerprint density at radius 2 is 1.08 bits per heavy atom. The summed E-state index contributed by atoms with van der Waals surface area (Å²) in [4.78, 5) is 21.8. The molecule has 0 bridgehead atoms. The van der Waals surface area contributed by atoms with Crippen LogP contribution in [0.15, 0.2) is 12.2 Å². The van der Waals surface area contributed by atoms with E-state index in [9.17, 15) is 19.8 Å². The molecule has 0 aliphatic rings. The molecule has 4 heteroatoms. The highest BCUT2D eigenvalue weighted by Crippen LogP contribution is 2.21. The zero-order valence-corrected chi connectivity index (χ0v) is 16.8. The predicted octanol–water partition coefficient (Wildman–Crippen LogP) is 3.78. The summed E-state index contributed by atoms with van der Waals surface area (Å²) in [5, 5.41) is 21.8. The van der Waals surface area contributed by atoms with Crippen molar-refractivity contribution in [2.45, 2.75) is 104 Å². The Bertz CT molecular complexity index is 354. The average molecular weight is 367 g/mol. The van der Waals surface area contributed by atoms with Gasteiger partial charge in [-0.25, -0.2) is 0 Å². The van der Waals surface area contributed by atoms with Crippen LogP contribution in [-0.2, 0) is 9.59 Å². The van der Waals surface area contributed by atoms with E-state index in [0.717, 1.165) is 51.4 Å². The van der Waals surface area contributed by atoms with E-state index in [1.165, 1.54) is 25.7 Å². The average Bonchev–Trinajstić information content (AvgIpc) is 2.57. The van der Waals surface area contributed by atoms with Crippen LogP contribution in [0, 0.1) is 11.8 Å². The van der Waals surface area contributed by atoms with Crippen LogP contribution in [0.25, 0.3) is 0 Å². The van der Waals surface area contributed by atoms with E-state index in [1.54, 1.807) is 0 Å². The lowest BCUT2D eigenvalue weighted by molar-refractivity contribution is -0.308. The number of hydrogen-bond donors (Lipinski definition) is 0. The van der Waals surface area contributed by atoms with Gasteiger partial charge in [-0.15, -0.1) is 0 Å². The van der Waals surface area contributed by atoms with E-state index in [2.05, 4.69) is 13.8 Å². The van der Waals surface area contributed by atoms with Gasteiger partial charge < -0.3 is 19.8 Å². The molecule has 0 spiro atoms. The molecule has 0 saturated carbocycles. The summed E-state index contributed by atoms with van der Waals surface area (Å²) in [5.41, 5.74) is 0. The van der Waals surface area contributed by atoms with Gasteiger partial charge in [-0.1, -0.05) is 77.4 Å². The van der Waals surface area contributed by atoms with E-state index in [-0.39, 0.29) is 24.7 Å². The summed E-state index contributed by atoms with van der Waals surface area (Å²) in [6, 6.07) is 0. The fourth-order valence-corrected chi connectivity index (χ4v) is 3.37. The molecule has 0 N–H and O–H groups in total. The third-order valence-corrected chi connectivity index (χ3v) is 4.95. The van der Waals surface area contributed by atoms with Crippen LogP contribution >= 0.6 is 0 Å². The minimum absolute atomic E-state index is 0.107. The van der Waals surface area contributed by atoms with Gasteiger partial charge in [0.2, 0.25) is 0 Å². The van der Waals surface area contributed by atoms with Crippen LogP contribution in [-0.4, -0.2) is 11.9 Å². The number of hydrogen-bond acceptors (Lipinski definition) is 4. The van der Waals surface area contributed by atoms with E-state index >= 15 is 0 Å². The van der Waals surface area contributed by atoms with Crippen molar-refractivity contribution in [3.63, 3.8) is 0 Å². The first-order valence-corrected chi connectivity index (χ1v) is 10.5. The summed E-state index contributed by atoms with van der Waals surface area (Å²) in [6.45, 7) is 4.32. The molecule has 0 heterocycles. The molecule has 4 nitrogen and oxygen atoms in total. The summed E-state index contributed by atoms with van der Waals surface area (Å²) in [6.07, 6.45) is 16.7. The Morgan fingerprint density at radius 3 is 1.38 bits per heavy atom. The zero-order valence-electron chi connectivity index (χ0n) is 16.8. The van der Waals surface area contributed by atoms with Crippen molar-refractivity contribution < 1.29 is 19.8 Å². The van der Waals surface area contributed by atoms with Gasteiger partial charge in [0.05, 0.1) is 0 Å². The van der Waals surface area contributed by atoms with Gasteiger partial charge >= 0.3 is 0 Å². The van der Waals surface area contributed by atoms with Crippen molar-refractivity contribution in [3.05, 3.63) is 12.2 Å². The highest BCUT2D eigenvalue weighted by atomic mass is 16.4. The van der Waals surface area contributed by atoms with Gasteiger partial charge in [-0.2, -0.15) is 0 Å². The zero-order chi connectivity index (χ0) is 19.6. The molecule has 0 amide bonds. The number of carboxylic acid groups (broad SMARTS) is 2. The lowest BCUT2D eigenvalue weighted by Crippen LogP contribution is -2.25. The van der Waals surface area contributed by atoms with Crippen LogP contribution in [0.3, 0.4) is 0 Å². The van der Waals surface area contributed by atoms with Crippen LogP contribution in [0.5, 0.6) is 0 Å². The van der Waals surface area contributed by atoms with Crippen molar-refractivity contribution in [2.75, 3.05) is 0 Å². The third kappa shape index (κ3) is 16.2. The van der Waals surface area contributed by atoms with E-state index in [0.29, 0.717) is 0 Å². The smallest absolute Gasteiger partial charge is 0.0417 e. The molecule has 0 aliphatic carbocycles. The second-order valence-electron chi connectivity index (χ2n) is 7.53. The Balaban J connectivity index is 4.30. The topological polar surface area (TPSA) is 80.3 Å². The molecule has 2 unspecified atom stereocenters. The van der Waals surface area contributed by atoms with Crippen molar-refractivity contribution in [3.8, 4) is 0 Å². The van der Waals surface area contributed by atoms with Gasteiger partial charge in [0.1, 0.15) is 0 Å². The number of carbonyl (C=O) groups excluding carboxylic acids is 2. The van der Waals surface area contributed by atoms with Gasteiger partial charge in [0, 0.05) is 11.9 Å². The number of carboxylic acids is 2. The first-order chi connectivity index (χ1) is 12.5. The number of rotatable bonds is 18. The molecule has 2 atom stereocenters. The summed E-state index contributed by atoms with van der Waals surface area (Å²) in [5.74, 6) is -1.72. The second-order valence-corrected chi connectivity index (χ2v) is 7.53. The molecule has 0 aromatic rings. The molecule has 26 heavy (non-hydrogen) atoms. The quantitative estimate of drug-likeness (QED) is 0.273. The van der Waals surface area contributed by atoms with Crippen molar-refractivity contribution in [1.82, 2.24) is 0 Å². The number of allylic oxidation sites excluding steroid dienone is 2. The maximum Gasteiger partial charge on any atom is 0.0417 e. The molecular weight excluding hydrogens is 328 g/mol. The standard InChI is InChI=1S/C22H40O4/c1-3-5-7-9-13-19(17-21(23)24)15-11-12-16-20(18-22(25)26)14-10-8-6-4-2/h11-12,19-20H,3-10,13-18H2,1-2H3,(H,23,24)(H,25,26)/p-2/b12-11+. The van der Waals surface area contributed by atoms with E-state index in [4.69, 9.17) is 0 Å². The number of carbonyl (C=O) groups is 2. The van der Waals surface area contributed by atoms with Crippen LogP contribution in [0.4, 0.5) is 0 Å². The van der Waals surface area contributed by atoms with Crippen molar-refractivity contribution in [2.24, 2.45) is 11.8 Å². The molecule has 0 rings (SSSR count). The molecule has 0 aromatic carbocycles. The third-order valence-electron chi connectivity index (χ3n) is 4.95. The van der Waals surface area contributed by atoms with Gasteiger partial charge in [-0.05, 0) is 50.4 Å². The monoisotopic (exact) mass is 366 g/mol. The minimum Gasteiger partial charge on any atom is -0.550 e. The van der Waals surface area contributed by atoms with Gasteiger partial charge in [0.15, 0.2) is 0 Å². The molecule has 0 aromatic heterocycles. The first kappa shape index (κ1) is 24.7. The highest BCUT2D eigenvalue weighted by Gasteiger charge is 2.09. The fourth-order valence-electron chi connectivity index (χ4n) is 3.37. The number of aliphatic carboxylic acids is 2. The van der Waals surface area contributed by atoms with E-state index in [1.807, 2.05) is 12.2 Å². The summed E-state index contributed by atoms with van der Waals surface area (Å²) < 4.78 is 0. The van der Waals surface area contributed by atoms with Gasteiger partial charge in [0.25, 0.3) is 0 Å². The summed E-state index contributed by atoms with van der Waals surface area (Å²) in [7, 11) is 0. The van der Waals surface area contributed by atoms with Crippen LogP contribution in [0.1, 0.15) is 104 Å². The fraction of sp³-hybridized carbons (Fsp3) is 0.818. The largest absolute Gasteiger partial charge is 0.550 e.